The highest BCUT2D eigenvalue weighted by Gasteiger charge is 2.19. The number of quaternary nitrogens is 1. The molecule has 0 aromatic rings. The molecule has 0 aromatic carbocycles. The van der Waals surface area contributed by atoms with Gasteiger partial charge in [0.25, 0.3) is 0 Å². The van der Waals surface area contributed by atoms with Crippen molar-refractivity contribution in [3.05, 3.63) is 6.54 Å². The number of hydrogen-bond donors (Lipinski definition) is 1. The van der Waals surface area contributed by atoms with Crippen LogP contribution in [0.25, 0.3) is 0 Å². The zero-order chi connectivity index (χ0) is 8.86. The fourth-order valence-electron chi connectivity index (χ4n) is 1.83. The topological polar surface area (TPSA) is 20.2 Å². The largest absolute Gasteiger partial charge is 0.442 e. The van der Waals surface area contributed by atoms with E-state index in [-0.39, 0.29) is 6.61 Å². The minimum absolute atomic E-state index is 0.234. The van der Waals surface area contributed by atoms with E-state index in [1.807, 2.05) is 0 Å². The van der Waals surface area contributed by atoms with E-state index in [0.29, 0.717) is 0 Å². The summed E-state index contributed by atoms with van der Waals surface area (Å²) in [6.45, 7) is 5.12. The summed E-state index contributed by atoms with van der Waals surface area (Å²) in [6.07, 6.45) is 8.96. The molecule has 1 heterocycles. The molecule has 0 bridgehead atoms. The van der Waals surface area contributed by atoms with Crippen molar-refractivity contribution >= 4 is 0 Å². The summed E-state index contributed by atoms with van der Waals surface area (Å²) in [7, 11) is 0. The van der Waals surface area contributed by atoms with Crippen LogP contribution in [0.1, 0.15) is 19.3 Å². The van der Waals surface area contributed by atoms with E-state index in [4.69, 9.17) is 11.5 Å². The first-order valence-corrected chi connectivity index (χ1v) is 4.57. The molecule has 12 heavy (non-hydrogen) atoms. The van der Waals surface area contributed by atoms with Crippen molar-refractivity contribution in [2.45, 2.75) is 19.3 Å². The third-order valence-corrected chi connectivity index (χ3v) is 2.53. The Bertz CT molecular complexity index is 160. The van der Waals surface area contributed by atoms with Gasteiger partial charge in [0, 0.05) is 0 Å². The molecule has 1 fully saturated rings. The molecule has 1 saturated heterocycles. The van der Waals surface area contributed by atoms with Gasteiger partial charge in [-0.15, -0.1) is 19.4 Å². The number of rotatable bonds is 3. The molecule has 1 aliphatic heterocycles. The Morgan fingerprint density at radius 1 is 1.50 bits per heavy atom. The lowest BCUT2D eigenvalue weighted by molar-refractivity contribution is -0.898. The molecule has 1 N–H and O–H groups in total. The fourth-order valence-corrected chi connectivity index (χ4v) is 1.83. The summed E-state index contributed by atoms with van der Waals surface area (Å²) in [5, 5.41) is 8.91. The van der Waals surface area contributed by atoms with Gasteiger partial charge in [-0.1, -0.05) is 6.42 Å². The van der Waals surface area contributed by atoms with Crippen molar-refractivity contribution in [3.8, 4) is 12.3 Å². The Morgan fingerprint density at radius 2 is 2.33 bits per heavy atom. The third-order valence-electron chi connectivity index (χ3n) is 2.53. The second-order valence-corrected chi connectivity index (χ2v) is 3.43. The average molecular weight is 167 g/mol. The molecule has 0 aliphatic carbocycles. The summed E-state index contributed by atoms with van der Waals surface area (Å²) in [6, 6.07) is 0. The van der Waals surface area contributed by atoms with Crippen molar-refractivity contribution < 1.29 is 9.59 Å². The van der Waals surface area contributed by atoms with Crippen molar-refractivity contribution in [1.82, 2.24) is 0 Å². The van der Waals surface area contributed by atoms with Crippen LogP contribution in [0.15, 0.2) is 0 Å². The van der Waals surface area contributed by atoms with Crippen LogP contribution in [-0.4, -0.2) is 35.8 Å². The van der Waals surface area contributed by atoms with Gasteiger partial charge in [0.2, 0.25) is 0 Å². The highest BCUT2D eigenvalue weighted by molar-refractivity contribution is 4.85. The lowest BCUT2D eigenvalue weighted by Crippen LogP contribution is -2.50. The lowest BCUT2D eigenvalue weighted by atomic mass is 10.1. The summed E-state index contributed by atoms with van der Waals surface area (Å²) >= 11 is 0. The molecule has 0 aromatic heterocycles. The first kappa shape index (κ1) is 9.57. The maximum Gasteiger partial charge on any atom is 0.116 e. The van der Waals surface area contributed by atoms with Crippen molar-refractivity contribution in [3.63, 3.8) is 0 Å². The minimum atomic E-state index is 0.234. The molecule has 1 unspecified atom stereocenters. The van der Waals surface area contributed by atoms with Crippen LogP contribution in [-0.2, 0) is 0 Å². The first-order chi connectivity index (χ1) is 5.83. The van der Waals surface area contributed by atoms with Gasteiger partial charge >= 0.3 is 0 Å². The molecule has 1 rings (SSSR count). The second-order valence-electron chi connectivity index (χ2n) is 3.43. The number of likely N-dealkylation sites (tertiary alicyclic amines) is 1. The zero-order valence-electron chi connectivity index (χ0n) is 7.50. The maximum atomic E-state index is 8.91. The normalized spacial score (nSPS) is 29.7. The first-order valence-electron chi connectivity index (χ1n) is 4.57. The third kappa shape index (κ3) is 2.23. The minimum Gasteiger partial charge on any atom is -0.442 e. The smallest absolute Gasteiger partial charge is 0.116 e. The summed E-state index contributed by atoms with van der Waals surface area (Å²) in [5.74, 6) is 2.69. The second kappa shape index (κ2) is 4.49. The molecule has 1 aliphatic rings. The average Bonchev–Trinajstić information content (AvgIpc) is 2.07. The Kier molecular flexibility index (Phi) is 3.58. The van der Waals surface area contributed by atoms with Gasteiger partial charge in [0.1, 0.15) is 6.54 Å². The van der Waals surface area contributed by atoms with Gasteiger partial charge in [-0.2, -0.15) is 0 Å². The standard InChI is InChI=1S/C10H17NO/c1-2-6-11(9-10-12)7-4-3-5-8-11/h1,7,12H,3-6,8-10H2. The zero-order valence-corrected chi connectivity index (χ0v) is 7.50. The summed E-state index contributed by atoms with van der Waals surface area (Å²) < 4.78 is 0.826. The molecule has 68 valence electrons. The Labute approximate surface area is 74.8 Å². The number of hydrogen-bond acceptors (Lipinski definition) is 1. The Balaban J connectivity index is 2.51. The molecule has 0 radical (unpaired) electrons. The monoisotopic (exact) mass is 167 g/mol. The van der Waals surface area contributed by atoms with E-state index in [1.165, 1.54) is 12.8 Å². The quantitative estimate of drug-likeness (QED) is 0.374. The molecule has 0 spiro atoms. The van der Waals surface area contributed by atoms with Gasteiger partial charge in [-0.25, -0.2) is 0 Å². The number of aliphatic hydroxyl groups excluding tert-OH is 1. The molecule has 0 amide bonds. The van der Waals surface area contributed by atoms with E-state index in [2.05, 4.69) is 12.5 Å². The highest BCUT2D eigenvalue weighted by Crippen LogP contribution is 2.21. The SMILES string of the molecule is C#CC[N+]1(CCO)[CH-]CCCC1. The Morgan fingerprint density at radius 3 is 2.83 bits per heavy atom. The van der Waals surface area contributed by atoms with Crippen molar-refractivity contribution in [2.75, 3.05) is 26.2 Å². The van der Waals surface area contributed by atoms with Crippen LogP contribution in [0.2, 0.25) is 0 Å². The van der Waals surface area contributed by atoms with E-state index in [9.17, 15) is 0 Å². The molecule has 1 atom stereocenters. The van der Waals surface area contributed by atoms with Gasteiger partial charge in [0.05, 0.1) is 19.7 Å². The van der Waals surface area contributed by atoms with Crippen molar-refractivity contribution in [2.24, 2.45) is 0 Å². The molecule has 2 heteroatoms. The van der Waals surface area contributed by atoms with Crippen molar-refractivity contribution in [1.29, 1.82) is 0 Å². The van der Waals surface area contributed by atoms with E-state index in [0.717, 1.165) is 30.5 Å². The predicted octanol–water partition coefficient (Wildman–Crippen LogP) is 0.774. The highest BCUT2D eigenvalue weighted by atomic mass is 16.3. The molecule has 0 saturated carbocycles. The van der Waals surface area contributed by atoms with Crippen LogP contribution in [0.5, 0.6) is 0 Å². The van der Waals surface area contributed by atoms with E-state index in [1.54, 1.807) is 0 Å². The summed E-state index contributed by atoms with van der Waals surface area (Å²) in [4.78, 5) is 0. The molecular formula is C10H17NO. The van der Waals surface area contributed by atoms with Gasteiger partial charge in [-0.3, -0.25) is 0 Å². The Hall–Kier alpha value is -0.520. The lowest BCUT2D eigenvalue weighted by Gasteiger charge is -2.49. The number of terminal acetylenes is 1. The molecular weight excluding hydrogens is 150 g/mol. The van der Waals surface area contributed by atoms with Crippen LogP contribution in [0.4, 0.5) is 0 Å². The van der Waals surface area contributed by atoms with Gasteiger partial charge in [-0.05, 0) is 12.3 Å². The maximum absolute atomic E-state index is 8.91. The number of piperidine rings is 1. The van der Waals surface area contributed by atoms with Crippen LogP contribution < -0.4 is 0 Å². The van der Waals surface area contributed by atoms with Crippen LogP contribution >= 0.6 is 0 Å². The number of nitrogens with zero attached hydrogens (tertiary/aromatic N) is 1. The fraction of sp³-hybridized carbons (Fsp3) is 0.700. The van der Waals surface area contributed by atoms with Crippen LogP contribution in [0.3, 0.4) is 0 Å². The van der Waals surface area contributed by atoms with Gasteiger partial charge in [0.15, 0.2) is 0 Å². The predicted molar refractivity (Wildman–Crippen MR) is 48.9 cm³/mol. The van der Waals surface area contributed by atoms with E-state index >= 15 is 0 Å². The molecule has 2 nitrogen and oxygen atoms in total. The van der Waals surface area contributed by atoms with E-state index < -0.39 is 0 Å². The summed E-state index contributed by atoms with van der Waals surface area (Å²) in [5.41, 5.74) is 0. The van der Waals surface area contributed by atoms with Gasteiger partial charge < -0.3 is 9.59 Å². The number of aliphatic hydroxyl groups is 1. The van der Waals surface area contributed by atoms with Crippen LogP contribution in [0, 0.1) is 18.9 Å².